The first-order chi connectivity index (χ1) is 7.51. The molecule has 2 rings (SSSR count). The Morgan fingerprint density at radius 1 is 1.56 bits per heavy atom. The number of rotatable bonds is 0. The minimum atomic E-state index is -0.431. The highest BCUT2D eigenvalue weighted by Gasteiger charge is 2.40. The van der Waals surface area contributed by atoms with Gasteiger partial charge in [-0.2, -0.15) is 0 Å². The third-order valence-corrected chi connectivity index (χ3v) is 3.93. The quantitative estimate of drug-likeness (QED) is 0.610. The summed E-state index contributed by atoms with van der Waals surface area (Å²) in [6, 6.07) is 0. The second-order valence-corrected chi connectivity index (χ2v) is 5.51. The van der Waals surface area contributed by atoms with E-state index in [9.17, 15) is 9.90 Å². The maximum absolute atomic E-state index is 11.2. The fourth-order valence-electron chi connectivity index (χ4n) is 2.40. The van der Waals surface area contributed by atoms with E-state index in [1.807, 2.05) is 0 Å². The van der Waals surface area contributed by atoms with E-state index < -0.39 is 6.10 Å². The van der Waals surface area contributed by atoms with Gasteiger partial charge in [-0.3, -0.25) is 0 Å². The molecule has 16 heavy (non-hydrogen) atoms. The van der Waals surface area contributed by atoms with Gasteiger partial charge in [-0.05, 0) is 10.7 Å². The lowest BCUT2D eigenvalue weighted by atomic mass is 9.85. The highest BCUT2D eigenvalue weighted by Crippen LogP contribution is 2.35. The van der Waals surface area contributed by atoms with Gasteiger partial charge < -0.3 is 19.5 Å². The molecule has 0 bridgehead atoms. The number of carbonyl (C=O) groups is 1. The average molecular weight is 249 g/mol. The zero-order valence-electron chi connectivity index (χ0n) is 9.06. The van der Waals surface area contributed by atoms with E-state index in [2.05, 4.69) is 32.6 Å². The van der Waals surface area contributed by atoms with Crippen molar-refractivity contribution in [2.75, 3.05) is 13.1 Å². The normalized spacial score (nSPS) is 28.4. The van der Waals surface area contributed by atoms with Crippen LogP contribution in [0.4, 0.5) is 4.79 Å². The Morgan fingerprint density at radius 3 is 2.69 bits per heavy atom. The van der Waals surface area contributed by atoms with E-state index in [0.717, 1.165) is 12.8 Å². The Morgan fingerprint density at radius 2 is 2.19 bits per heavy atom. The van der Waals surface area contributed by atoms with Crippen LogP contribution in [0.1, 0.15) is 19.3 Å². The number of piperidine rings is 1. The number of aliphatic hydroxyl groups excluding tert-OH is 1. The number of aliphatic hydroxyl groups is 1. The van der Waals surface area contributed by atoms with Crippen molar-refractivity contribution in [2.45, 2.75) is 31.0 Å². The van der Waals surface area contributed by atoms with Gasteiger partial charge in [0, 0.05) is 32.4 Å². The average Bonchev–Trinajstić information content (AvgIpc) is 2.16. The van der Waals surface area contributed by atoms with Gasteiger partial charge in [-0.1, -0.05) is 0 Å². The van der Waals surface area contributed by atoms with Crippen LogP contribution in [0.15, 0.2) is 10.7 Å². The van der Waals surface area contributed by atoms with Crippen molar-refractivity contribution in [2.24, 2.45) is 0 Å². The van der Waals surface area contributed by atoms with Crippen LogP contribution in [0.2, 0.25) is 0 Å². The van der Waals surface area contributed by atoms with E-state index in [0.29, 0.717) is 24.1 Å². The molecule has 0 aliphatic carbocycles. The van der Waals surface area contributed by atoms with E-state index in [-0.39, 0.29) is 10.4 Å². The standard InChI is InChI=1S/C10H13NO3.2Al/c12-8-11-4-2-10(3-5-11)7-9(13)1-6-14-10;;/h1,9,13H,2-5,7H2;;. The predicted octanol–water partition coefficient (Wildman–Crippen LogP) is -0.0994. The summed E-state index contributed by atoms with van der Waals surface area (Å²) in [5.41, 5.74) is -0.276. The second-order valence-electron chi connectivity index (χ2n) is 4.45. The molecule has 0 aromatic carbocycles. The topological polar surface area (TPSA) is 49.8 Å². The summed E-state index contributed by atoms with van der Waals surface area (Å²) in [6.45, 7) is 1.40. The molecule has 4 radical (unpaired) electrons. The molecule has 1 N–H and O–H groups in total. The van der Waals surface area contributed by atoms with E-state index in [4.69, 9.17) is 4.74 Å². The number of amides is 1. The number of nitrogens with zero attached hydrogens (tertiary/aromatic N) is 1. The first-order valence-electron chi connectivity index (χ1n) is 5.39. The molecule has 6 heteroatoms. The Labute approximate surface area is 111 Å². The molecule has 0 aromatic rings. The number of likely N-dealkylation sites (tertiary alicyclic amines) is 1. The molecule has 0 aromatic heterocycles. The van der Waals surface area contributed by atoms with Crippen molar-refractivity contribution >= 4 is 37.3 Å². The zero-order valence-corrected chi connectivity index (χ0v) is 11.4. The maximum atomic E-state index is 11.2. The van der Waals surface area contributed by atoms with Gasteiger partial charge in [0.25, 0.3) is 16.3 Å². The smallest absolute Gasteiger partial charge is 0.281 e. The number of hydrogen-bond acceptors (Lipinski definition) is 3. The number of hydrogen-bond donors (Lipinski definition) is 1. The largest absolute Gasteiger partial charge is 0.513 e. The SMILES string of the molecule is O=[C]([Al])N1CCC2(CC1)CC(O)C=[C]([Al])O2. The van der Waals surface area contributed by atoms with Crippen LogP contribution in [0.5, 0.6) is 0 Å². The second kappa shape index (κ2) is 4.73. The first kappa shape index (κ1) is 12.5. The Bertz CT molecular complexity index is 324. The van der Waals surface area contributed by atoms with E-state index >= 15 is 0 Å². The monoisotopic (exact) mass is 249 g/mol. The molecule has 0 saturated carbocycles. The first-order valence-corrected chi connectivity index (χ1v) is 6.55. The molecule has 1 spiro atoms. The van der Waals surface area contributed by atoms with Crippen molar-refractivity contribution in [3.05, 3.63) is 10.7 Å². The molecule has 82 valence electrons. The van der Waals surface area contributed by atoms with Crippen molar-refractivity contribution in [3.63, 3.8) is 0 Å². The molecular formula is C10H13Al2NO3. The molecular weight excluding hydrogens is 236 g/mol. The van der Waals surface area contributed by atoms with Gasteiger partial charge in [0.1, 0.15) is 5.60 Å². The van der Waals surface area contributed by atoms with Gasteiger partial charge in [-0.15, -0.1) is 0 Å². The third kappa shape index (κ3) is 2.64. The van der Waals surface area contributed by atoms with Crippen LogP contribution < -0.4 is 0 Å². The summed E-state index contributed by atoms with van der Waals surface area (Å²) >= 11 is 4.69. The molecule has 2 aliphatic rings. The lowest BCUT2D eigenvalue weighted by molar-refractivity contribution is -0.0687. The number of carbonyl (C=O) groups excluding carboxylic acids is 1. The molecule has 1 saturated heterocycles. The molecule has 1 fully saturated rings. The summed E-state index contributed by atoms with van der Waals surface area (Å²) in [6.07, 6.45) is 3.48. The highest BCUT2D eigenvalue weighted by atomic mass is 27.1. The van der Waals surface area contributed by atoms with Crippen molar-refractivity contribution < 1.29 is 14.6 Å². The summed E-state index contributed by atoms with van der Waals surface area (Å²) in [5, 5.41) is 9.72. The van der Waals surface area contributed by atoms with Gasteiger partial charge in [0.05, 0.1) is 10.9 Å². The van der Waals surface area contributed by atoms with Crippen LogP contribution in [0.3, 0.4) is 0 Å². The molecule has 2 heterocycles. The lowest BCUT2D eigenvalue weighted by Gasteiger charge is -2.45. The predicted molar refractivity (Wildman–Crippen MR) is 60.2 cm³/mol. The van der Waals surface area contributed by atoms with Crippen LogP contribution in [0.25, 0.3) is 0 Å². The van der Waals surface area contributed by atoms with Crippen LogP contribution >= 0.6 is 0 Å². The van der Waals surface area contributed by atoms with Gasteiger partial charge >= 0.3 is 0 Å². The summed E-state index contributed by atoms with van der Waals surface area (Å²) in [7, 11) is 0. The molecule has 1 unspecified atom stereocenters. The Kier molecular flexibility index (Phi) is 3.69. The molecule has 2 aliphatic heterocycles. The van der Waals surface area contributed by atoms with Crippen LogP contribution in [-0.4, -0.2) is 72.2 Å². The highest BCUT2D eigenvalue weighted by molar-refractivity contribution is 6.56. The molecule has 1 atom stereocenters. The van der Waals surface area contributed by atoms with E-state index in [1.54, 1.807) is 11.0 Å². The van der Waals surface area contributed by atoms with Gasteiger partial charge in [0.15, 0.2) is 0 Å². The van der Waals surface area contributed by atoms with Crippen LogP contribution in [0, 0.1) is 0 Å². The fraction of sp³-hybridized carbons (Fsp3) is 0.700. The van der Waals surface area contributed by atoms with Gasteiger partial charge in [-0.25, -0.2) is 0 Å². The van der Waals surface area contributed by atoms with Gasteiger partial charge in [0.2, 0.25) is 16.3 Å². The van der Waals surface area contributed by atoms with Crippen LogP contribution in [-0.2, 0) is 4.74 Å². The molecule has 1 amide bonds. The minimum absolute atomic E-state index is 0.0350. The number of ether oxygens (including phenoxy) is 1. The van der Waals surface area contributed by atoms with Crippen molar-refractivity contribution in [1.82, 2.24) is 4.90 Å². The Balaban J connectivity index is 2.02. The Hall–Kier alpha value is 0.0349. The third-order valence-electron chi connectivity index (χ3n) is 3.26. The lowest BCUT2D eigenvalue weighted by Crippen LogP contribution is -2.50. The molecule has 4 nitrogen and oxygen atoms in total. The zero-order chi connectivity index (χ0) is 11.8. The fourth-order valence-corrected chi connectivity index (χ4v) is 3.13. The summed E-state index contributed by atoms with van der Waals surface area (Å²) in [5.74, 6) is 0. The summed E-state index contributed by atoms with van der Waals surface area (Å²) in [4.78, 5) is 13.0. The summed E-state index contributed by atoms with van der Waals surface area (Å²) < 4.78 is 6.58. The van der Waals surface area contributed by atoms with Crippen molar-refractivity contribution in [1.29, 1.82) is 0 Å². The minimum Gasteiger partial charge on any atom is -0.513 e. The maximum Gasteiger partial charge on any atom is 0.281 e. The van der Waals surface area contributed by atoms with E-state index in [1.165, 1.54) is 0 Å². The van der Waals surface area contributed by atoms with Crippen molar-refractivity contribution in [3.8, 4) is 0 Å².